The molecule has 2 N–H and O–H groups in total. The van der Waals surface area contributed by atoms with E-state index in [2.05, 4.69) is 31.8 Å². The summed E-state index contributed by atoms with van der Waals surface area (Å²) < 4.78 is 12.2. The Kier molecular flexibility index (Phi) is 11.0. The van der Waals surface area contributed by atoms with Gasteiger partial charge >= 0.3 is 0 Å². The van der Waals surface area contributed by atoms with E-state index in [-0.39, 0.29) is 17.5 Å². The number of ether oxygens (including phenoxy) is 2. The Bertz CT molecular complexity index is 1290. The van der Waals surface area contributed by atoms with Gasteiger partial charge in [0.2, 0.25) is 0 Å². The van der Waals surface area contributed by atoms with E-state index in [1.165, 1.54) is 12.3 Å². The number of halogens is 3. The fraction of sp³-hybridized carbons (Fsp3) is 0.250. The monoisotopic (exact) mass is 619 g/mol. The van der Waals surface area contributed by atoms with Gasteiger partial charge in [-0.05, 0) is 84.2 Å². The zero-order valence-electron chi connectivity index (χ0n) is 21.1. The van der Waals surface area contributed by atoms with Gasteiger partial charge in [-0.25, -0.2) is 5.43 Å². The number of hydrogen-bond donors (Lipinski definition) is 2. The van der Waals surface area contributed by atoms with Crippen molar-refractivity contribution in [1.82, 2.24) is 10.7 Å². The maximum atomic E-state index is 13.0. The van der Waals surface area contributed by atoms with E-state index in [0.29, 0.717) is 16.5 Å². The second-order valence-corrected chi connectivity index (χ2v) is 10.4. The van der Waals surface area contributed by atoms with E-state index in [1.54, 1.807) is 19.1 Å². The van der Waals surface area contributed by atoms with Crippen LogP contribution in [0, 0.1) is 0 Å². The molecule has 2 atom stereocenters. The average Bonchev–Trinajstić information content (AvgIpc) is 2.87. The first-order chi connectivity index (χ1) is 18.1. The van der Waals surface area contributed by atoms with Gasteiger partial charge in [0.25, 0.3) is 11.8 Å². The lowest BCUT2D eigenvalue weighted by Gasteiger charge is -2.21. The van der Waals surface area contributed by atoms with Gasteiger partial charge in [0, 0.05) is 11.4 Å². The minimum absolute atomic E-state index is 0.0400. The highest BCUT2D eigenvalue weighted by Gasteiger charge is 2.25. The molecular formula is C28H28BrCl2N3O4. The summed E-state index contributed by atoms with van der Waals surface area (Å²) in [5.74, 6) is 0.0566. The number of nitrogens with zero attached hydrogens (tertiary/aromatic N) is 1. The van der Waals surface area contributed by atoms with E-state index >= 15 is 0 Å². The first kappa shape index (κ1) is 29.5. The molecule has 0 bridgehead atoms. The highest BCUT2D eigenvalue weighted by Crippen LogP contribution is 2.28. The van der Waals surface area contributed by atoms with Crippen molar-refractivity contribution in [3.05, 3.63) is 92.4 Å². The van der Waals surface area contributed by atoms with E-state index in [9.17, 15) is 9.59 Å². The smallest absolute Gasteiger partial charge is 0.262 e. The Morgan fingerprint density at radius 1 is 0.947 bits per heavy atom. The summed E-state index contributed by atoms with van der Waals surface area (Å²) in [6.45, 7) is 5.46. The molecule has 0 fully saturated rings. The Hall–Kier alpha value is -3.07. The van der Waals surface area contributed by atoms with Crippen molar-refractivity contribution in [1.29, 1.82) is 0 Å². The molecule has 10 heteroatoms. The predicted molar refractivity (Wildman–Crippen MR) is 154 cm³/mol. The van der Waals surface area contributed by atoms with Gasteiger partial charge in [-0.3, -0.25) is 9.59 Å². The lowest BCUT2D eigenvalue weighted by Crippen LogP contribution is -2.50. The molecule has 0 heterocycles. The Morgan fingerprint density at radius 3 is 2.32 bits per heavy atom. The van der Waals surface area contributed by atoms with Crippen LogP contribution in [0.1, 0.15) is 31.9 Å². The molecule has 0 aliphatic heterocycles. The third-order valence-electron chi connectivity index (χ3n) is 5.19. The molecule has 0 spiro atoms. The fourth-order valence-electron chi connectivity index (χ4n) is 3.36. The quantitative estimate of drug-likeness (QED) is 0.198. The Balaban J connectivity index is 1.68. The van der Waals surface area contributed by atoms with Crippen molar-refractivity contribution < 1.29 is 19.1 Å². The predicted octanol–water partition coefficient (Wildman–Crippen LogP) is 6.19. The van der Waals surface area contributed by atoms with E-state index < -0.39 is 24.0 Å². The van der Waals surface area contributed by atoms with Crippen molar-refractivity contribution in [3.8, 4) is 11.5 Å². The molecule has 7 nitrogen and oxygen atoms in total. The standard InChI is InChI=1S/C28H28BrCl2N3O4/c1-17(2)37-25-11-9-20(13-22(25)29)16-32-34-28(36)24(14-19-7-5-4-6-8-19)33-27(35)18(3)38-26-12-10-21(30)15-23(26)31/h4-13,15-18,24H,14H2,1-3H3,(H,33,35)(H,34,36)/b32-16-/t18-,24+/m0/s1. The topological polar surface area (TPSA) is 89.0 Å². The zero-order chi connectivity index (χ0) is 27.7. The van der Waals surface area contributed by atoms with Gasteiger partial charge in [0.15, 0.2) is 6.10 Å². The number of benzene rings is 3. The van der Waals surface area contributed by atoms with Crippen LogP contribution >= 0.6 is 39.1 Å². The van der Waals surface area contributed by atoms with Gasteiger partial charge in [0.05, 0.1) is 21.8 Å². The van der Waals surface area contributed by atoms with Crippen LogP contribution < -0.4 is 20.2 Å². The maximum absolute atomic E-state index is 13.0. The summed E-state index contributed by atoms with van der Waals surface area (Å²) in [6, 6.07) is 18.6. The zero-order valence-corrected chi connectivity index (χ0v) is 24.2. The normalized spacial score (nSPS) is 12.7. The summed E-state index contributed by atoms with van der Waals surface area (Å²) in [5, 5.41) is 7.56. The average molecular weight is 621 g/mol. The lowest BCUT2D eigenvalue weighted by atomic mass is 10.1. The minimum atomic E-state index is -0.924. The fourth-order valence-corrected chi connectivity index (χ4v) is 4.30. The summed E-state index contributed by atoms with van der Waals surface area (Å²) >= 11 is 15.6. The van der Waals surface area contributed by atoms with Crippen molar-refractivity contribution in [2.75, 3.05) is 0 Å². The largest absolute Gasteiger partial charge is 0.490 e. The number of hydrogen-bond acceptors (Lipinski definition) is 5. The van der Waals surface area contributed by atoms with Crippen molar-refractivity contribution >= 4 is 57.2 Å². The molecule has 0 aromatic heterocycles. The molecule has 0 aliphatic rings. The molecule has 2 amide bonds. The summed E-state index contributed by atoms with van der Waals surface area (Å²) in [6.07, 6.45) is 0.887. The number of carbonyl (C=O) groups excluding carboxylic acids is 2. The maximum Gasteiger partial charge on any atom is 0.262 e. The SMILES string of the molecule is CC(C)Oc1ccc(/C=N\NC(=O)[C@@H](Cc2ccccc2)NC(=O)[C@H](C)Oc2ccc(Cl)cc2Cl)cc1Br. The molecule has 0 radical (unpaired) electrons. The third kappa shape index (κ3) is 9.04. The van der Waals surface area contributed by atoms with Crippen LogP contribution in [0.5, 0.6) is 11.5 Å². The van der Waals surface area contributed by atoms with Crippen molar-refractivity contribution in [3.63, 3.8) is 0 Å². The van der Waals surface area contributed by atoms with Crippen LogP contribution in [0.25, 0.3) is 0 Å². The second-order valence-electron chi connectivity index (χ2n) is 8.68. The highest BCUT2D eigenvalue weighted by molar-refractivity contribution is 9.10. The highest BCUT2D eigenvalue weighted by atomic mass is 79.9. The molecular weight excluding hydrogens is 593 g/mol. The number of carbonyl (C=O) groups is 2. The summed E-state index contributed by atoms with van der Waals surface area (Å²) in [4.78, 5) is 26.0. The lowest BCUT2D eigenvalue weighted by molar-refractivity contribution is -0.132. The number of hydrazone groups is 1. The Labute approximate surface area is 240 Å². The van der Waals surface area contributed by atoms with Crippen LogP contribution in [0.4, 0.5) is 0 Å². The van der Waals surface area contributed by atoms with Gasteiger partial charge in [-0.2, -0.15) is 5.10 Å². The molecule has 3 rings (SSSR count). The van der Waals surface area contributed by atoms with Crippen LogP contribution in [-0.2, 0) is 16.0 Å². The van der Waals surface area contributed by atoms with Crippen LogP contribution in [0.15, 0.2) is 76.3 Å². The second kappa shape index (κ2) is 14.2. The van der Waals surface area contributed by atoms with Gasteiger partial charge < -0.3 is 14.8 Å². The van der Waals surface area contributed by atoms with E-state index in [0.717, 1.165) is 15.6 Å². The number of rotatable bonds is 11. The molecule has 3 aromatic carbocycles. The molecule has 200 valence electrons. The summed E-state index contributed by atoms with van der Waals surface area (Å²) in [5.41, 5.74) is 4.14. The van der Waals surface area contributed by atoms with Crippen LogP contribution in [-0.4, -0.2) is 36.3 Å². The van der Waals surface area contributed by atoms with Crippen molar-refractivity contribution in [2.45, 2.75) is 45.4 Å². The molecule has 0 saturated carbocycles. The summed E-state index contributed by atoms with van der Waals surface area (Å²) in [7, 11) is 0. The number of nitrogens with one attached hydrogen (secondary N) is 2. The minimum Gasteiger partial charge on any atom is -0.490 e. The van der Waals surface area contributed by atoms with Crippen molar-refractivity contribution in [2.24, 2.45) is 5.10 Å². The van der Waals surface area contributed by atoms with Gasteiger partial charge in [-0.1, -0.05) is 53.5 Å². The first-order valence-electron chi connectivity index (χ1n) is 11.9. The molecule has 0 saturated heterocycles. The number of amides is 2. The first-order valence-corrected chi connectivity index (χ1v) is 13.4. The Morgan fingerprint density at radius 2 is 1.66 bits per heavy atom. The van der Waals surface area contributed by atoms with E-state index in [4.69, 9.17) is 32.7 Å². The van der Waals surface area contributed by atoms with Crippen LogP contribution in [0.3, 0.4) is 0 Å². The molecule has 0 aliphatic carbocycles. The third-order valence-corrected chi connectivity index (χ3v) is 6.34. The molecule has 0 unspecified atom stereocenters. The van der Waals surface area contributed by atoms with Gasteiger partial charge in [-0.15, -0.1) is 0 Å². The van der Waals surface area contributed by atoms with Gasteiger partial charge in [0.1, 0.15) is 17.5 Å². The molecule has 3 aromatic rings. The molecule has 38 heavy (non-hydrogen) atoms. The van der Waals surface area contributed by atoms with E-state index in [1.807, 2.05) is 62.4 Å². The van der Waals surface area contributed by atoms with Crippen LogP contribution in [0.2, 0.25) is 10.0 Å².